The van der Waals surface area contributed by atoms with Gasteiger partial charge < -0.3 is 10.2 Å². The number of carbonyl (C=O) groups is 1. The fraction of sp³-hybridized carbons (Fsp3) is 0.438. The van der Waals surface area contributed by atoms with E-state index in [9.17, 15) is 4.79 Å². The molecule has 114 valence electrons. The van der Waals surface area contributed by atoms with Gasteiger partial charge in [0.2, 0.25) is 0 Å². The minimum atomic E-state index is -0.190. The average Bonchev–Trinajstić information content (AvgIpc) is 2.54. The first-order valence-electron chi connectivity index (χ1n) is 7.35. The fourth-order valence-electron chi connectivity index (χ4n) is 2.38. The first kappa shape index (κ1) is 15.4. The van der Waals surface area contributed by atoms with Gasteiger partial charge in [-0.25, -0.2) is 0 Å². The second kappa shape index (κ2) is 7.69. The standard InChI is InChI=1S/C16H23N3O2/c1-3-10-19-11-8-13(9-12-19)17-18-16(20)14-6-4-5-7-15(14)21-2/h4-8,17H,3,9-12H2,1-2H3,(H,18,20). The third kappa shape index (κ3) is 4.23. The van der Waals surface area contributed by atoms with Gasteiger partial charge in [-0.2, -0.15) is 0 Å². The van der Waals surface area contributed by atoms with E-state index in [1.54, 1.807) is 19.2 Å². The lowest BCUT2D eigenvalue weighted by Gasteiger charge is -2.26. The van der Waals surface area contributed by atoms with Crippen molar-refractivity contribution in [1.29, 1.82) is 0 Å². The monoisotopic (exact) mass is 289 g/mol. The number of carbonyl (C=O) groups excluding carboxylic acids is 1. The molecule has 1 aromatic rings. The Hall–Kier alpha value is -2.01. The summed E-state index contributed by atoms with van der Waals surface area (Å²) in [7, 11) is 1.56. The van der Waals surface area contributed by atoms with E-state index in [1.165, 1.54) is 6.42 Å². The summed E-state index contributed by atoms with van der Waals surface area (Å²) in [4.78, 5) is 14.5. The Balaban J connectivity index is 1.87. The number of nitrogens with one attached hydrogen (secondary N) is 2. The maximum absolute atomic E-state index is 12.1. The SMILES string of the molecule is CCCN1CC=C(NNC(=O)c2ccccc2OC)CC1. The molecule has 5 nitrogen and oxygen atoms in total. The van der Waals surface area contributed by atoms with Crippen LogP contribution in [0.25, 0.3) is 0 Å². The summed E-state index contributed by atoms with van der Waals surface area (Å²) in [5.74, 6) is 0.382. The summed E-state index contributed by atoms with van der Waals surface area (Å²) in [6.45, 7) is 5.26. The van der Waals surface area contributed by atoms with E-state index >= 15 is 0 Å². The molecule has 21 heavy (non-hydrogen) atoms. The summed E-state index contributed by atoms with van der Waals surface area (Å²) < 4.78 is 5.19. The number of amides is 1. The highest BCUT2D eigenvalue weighted by atomic mass is 16.5. The summed E-state index contributed by atoms with van der Waals surface area (Å²) in [6, 6.07) is 7.18. The van der Waals surface area contributed by atoms with Crippen molar-refractivity contribution in [2.75, 3.05) is 26.7 Å². The number of nitrogens with zero attached hydrogens (tertiary/aromatic N) is 1. The van der Waals surface area contributed by atoms with Crippen LogP contribution in [0.2, 0.25) is 0 Å². The lowest BCUT2D eigenvalue weighted by atomic mass is 10.2. The number of methoxy groups -OCH3 is 1. The van der Waals surface area contributed by atoms with E-state index in [-0.39, 0.29) is 5.91 Å². The van der Waals surface area contributed by atoms with Gasteiger partial charge in [-0.05, 0) is 31.2 Å². The smallest absolute Gasteiger partial charge is 0.273 e. The number of ether oxygens (including phenoxy) is 1. The van der Waals surface area contributed by atoms with Crippen LogP contribution in [0.5, 0.6) is 5.75 Å². The van der Waals surface area contributed by atoms with Crippen LogP contribution in [0.3, 0.4) is 0 Å². The van der Waals surface area contributed by atoms with Crippen LogP contribution in [0, 0.1) is 0 Å². The molecule has 2 N–H and O–H groups in total. The largest absolute Gasteiger partial charge is 0.496 e. The molecule has 2 rings (SSSR count). The molecule has 1 aromatic carbocycles. The predicted octanol–water partition coefficient (Wildman–Crippen LogP) is 1.93. The molecule has 1 aliphatic heterocycles. The highest BCUT2D eigenvalue weighted by Crippen LogP contribution is 2.16. The number of hydrogen-bond acceptors (Lipinski definition) is 4. The van der Waals surface area contributed by atoms with Crippen molar-refractivity contribution in [1.82, 2.24) is 15.8 Å². The first-order valence-corrected chi connectivity index (χ1v) is 7.35. The molecule has 0 fully saturated rings. The van der Waals surface area contributed by atoms with Gasteiger partial charge in [0.1, 0.15) is 5.75 Å². The van der Waals surface area contributed by atoms with Crippen LogP contribution < -0.4 is 15.6 Å². The molecule has 1 aliphatic rings. The van der Waals surface area contributed by atoms with Gasteiger partial charge >= 0.3 is 0 Å². The molecule has 5 heteroatoms. The van der Waals surface area contributed by atoms with Gasteiger partial charge in [0.25, 0.3) is 5.91 Å². The van der Waals surface area contributed by atoms with Crippen molar-refractivity contribution in [3.63, 3.8) is 0 Å². The van der Waals surface area contributed by atoms with Crippen LogP contribution in [-0.2, 0) is 0 Å². The molecule has 0 atom stereocenters. The molecule has 0 unspecified atom stereocenters. The second-order valence-electron chi connectivity index (χ2n) is 5.06. The maximum atomic E-state index is 12.1. The van der Waals surface area contributed by atoms with Crippen molar-refractivity contribution < 1.29 is 9.53 Å². The number of rotatable bonds is 6. The van der Waals surface area contributed by atoms with Gasteiger partial charge in [-0.15, -0.1) is 0 Å². The van der Waals surface area contributed by atoms with Crippen molar-refractivity contribution in [3.8, 4) is 5.75 Å². The van der Waals surface area contributed by atoms with Gasteiger partial charge in [0, 0.05) is 25.2 Å². The normalized spacial score (nSPS) is 15.2. The average molecular weight is 289 g/mol. The zero-order chi connectivity index (χ0) is 15.1. The highest BCUT2D eigenvalue weighted by molar-refractivity contribution is 5.96. The van der Waals surface area contributed by atoms with Crippen LogP contribution >= 0.6 is 0 Å². The third-order valence-electron chi connectivity index (χ3n) is 3.52. The van der Waals surface area contributed by atoms with E-state index in [0.717, 1.165) is 31.8 Å². The fourth-order valence-corrected chi connectivity index (χ4v) is 2.38. The van der Waals surface area contributed by atoms with Crippen molar-refractivity contribution in [2.24, 2.45) is 0 Å². The number of para-hydroxylation sites is 1. The molecule has 0 bridgehead atoms. The topological polar surface area (TPSA) is 53.6 Å². The Bertz CT molecular complexity index is 514. The summed E-state index contributed by atoms with van der Waals surface area (Å²) >= 11 is 0. The lowest BCUT2D eigenvalue weighted by molar-refractivity contribution is 0.0934. The Kier molecular flexibility index (Phi) is 5.63. The van der Waals surface area contributed by atoms with E-state index in [1.807, 2.05) is 12.1 Å². The Morgan fingerprint density at radius 3 is 2.86 bits per heavy atom. The van der Waals surface area contributed by atoms with E-state index in [0.29, 0.717) is 11.3 Å². The summed E-state index contributed by atoms with van der Waals surface area (Å²) in [5.41, 5.74) is 7.33. The van der Waals surface area contributed by atoms with E-state index in [4.69, 9.17) is 4.74 Å². The molecule has 1 amide bonds. The molecule has 0 spiro atoms. The van der Waals surface area contributed by atoms with Gasteiger partial charge in [0.15, 0.2) is 0 Å². The second-order valence-corrected chi connectivity index (χ2v) is 5.06. The number of hydrazine groups is 1. The predicted molar refractivity (Wildman–Crippen MR) is 83.0 cm³/mol. The molecular formula is C16H23N3O2. The van der Waals surface area contributed by atoms with Crippen molar-refractivity contribution >= 4 is 5.91 Å². The zero-order valence-corrected chi connectivity index (χ0v) is 12.7. The van der Waals surface area contributed by atoms with Gasteiger partial charge in [0.05, 0.1) is 12.7 Å². The molecule has 0 saturated carbocycles. The minimum Gasteiger partial charge on any atom is -0.496 e. The maximum Gasteiger partial charge on any atom is 0.273 e. The minimum absolute atomic E-state index is 0.190. The number of hydrogen-bond donors (Lipinski definition) is 2. The summed E-state index contributed by atoms with van der Waals surface area (Å²) in [6.07, 6.45) is 4.22. The van der Waals surface area contributed by atoms with Gasteiger partial charge in [-0.1, -0.05) is 19.1 Å². The molecule has 0 saturated heterocycles. The van der Waals surface area contributed by atoms with Crippen LogP contribution in [0.1, 0.15) is 30.1 Å². The summed E-state index contributed by atoms with van der Waals surface area (Å²) in [5, 5.41) is 0. The molecule has 0 radical (unpaired) electrons. The Morgan fingerprint density at radius 2 is 2.19 bits per heavy atom. The lowest BCUT2D eigenvalue weighted by Crippen LogP contribution is -2.40. The van der Waals surface area contributed by atoms with Crippen LogP contribution in [-0.4, -0.2) is 37.6 Å². The third-order valence-corrected chi connectivity index (χ3v) is 3.52. The van der Waals surface area contributed by atoms with Crippen LogP contribution in [0.4, 0.5) is 0 Å². The molecular weight excluding hydrogens is 266 g/mol. The van der Waals surface area contributed by atoms with Crippen molar-refractivity contribution in [3.05, 3.63) is 41.6 Å². The molecule has 0 aliphatic carbocycles. The Morgan fingerprint density at radius 1 is 1.38 bits per heavy atom. The first-order chi connectivity index (χ1) is 10.2. The zero-order valence-electron chi connectivity index (χ0n) is 12.7. The highest BCUT2D eigenvalue weighted by Gasteiger charge is 2.13. The quantitative estimate of drug-likeness (QED) is 0.786. The Labute approximate surface area is 125 Å². The van der Waals surface area contributed by atoms with Gasteiger partial charge in [-0.3, -0.25) is 15.1 Å². The van der Waals surface area contributed by atoms with E-state index in [2.05, 4.69) is 28.8 Å². The number of benzene rings is 1. The molecule has 0 aromatic heterocycles. The van der Waals surface area contributed by atoms with Crippen LogP contribution in [0.15, 0.2) is 36.0 Å². The van der Waals surface area contributed by atoms with E-state index < -0.39 is 0 Å². The van der Waals surface area contributed by atoms with Crippen molar-refractivity contribution in [2.45, 2.75) is 19.8 Å². The molecule has 1 heterocycles.